The van der Waals surface area contributed by atoms with Crippen LogP contribution < -0.4 is 5.32 Å². The second-order valence-corrected chi connectivity index (χ2v) is 7.76. The van der Waals surface area contributed by atoms with Crippen LogP contribution in [0.1, 0.15) is 34.6 Å². The number of aromatic nitrogens is 1. The number of carbonyl (C=O) groups excluding carboxylic acids is 4. The van der Waals surface area contributed by atoms with Gasteiger partial charge < -0.3 is 19.5 Å². The molecule has 37 heavy (non-hydrogen) atoms. The highest BCUT2D eigenvalue weighted by Gasteiger charge is 2.30. The first kappa shape index (κ1) is 27.3. The number of esters is 1. The van der Waals surface area contributed by atoms with Crippen LogP contribution in [0.4, 0.5) is 27.6 Å². The van der Waals surface area contributed by atoms with Gasteiger partial charge in [-0.25, -0.2) is 22.0 Å². The topological polar surface area (TPSA) is 97.7 Å². The Bertz CT molecular complexity index is 1410. The van der Waals surface area contributed by atoms with Crippen molar-refractivity contribution in [3.8, 4) is 0 Å². The van der Waals surface area contributed by atoms with Gasteiger partial charge in [-0.05, 0) is 32.0 Å². The molecule has 2 amide bonds. The molecule has 0 saturated carbocycles. The van der Waals surface area contributed by atoms with E-state index >= 15 is 0 Å². The summed E-state index contributed by atoms with van der Waals surface area (Å²) in [5, 5.41) is 2.09. The van der Waals surface area contributed by atoms with Gasteiger partial charge in [-0.1, -0.05) is 0 Å². The smallest absolute Gasteiger partial charge is 0.325 e. The molecule has 1 N–H and O–H groups in total. The Kier molecular flexibility index (Phi) is 7.94. The van der Waals surface area contributed by atoms with E-state index in [0.717, 1.165) is 11.0 Å². The van der Waals surface area contributed by atoms with Gasteiger partial charge >= 0.3 is 5.97 Å². The van der Waals surface area contributed by atoms with E-state index in [4.69, 9.17) is 4.74 Å². The van der Waals surface area contributed by atoms with E-state index in [1.807, 2.05) is 5.32 Å². The molecule has 3 rings (SSSR count). The van der Waals surface area contributed by atoms with Crippen LogP contribution in [-0.2, 0) is 20.9 Å². The highest BCUT2D eigenvalue weighted by Crippen LogP contribution is 2.28. The lowest BCUT2D eigenvalue weighted by Gasteiger charge is -2.13. The summed E-state index contributed by atoms with van der Waals surface area (Å²) < 4.78 is 74.7. The molecule has 1 aromatic heterocycles. The number of fused-ring (bicyclic) bond motifs is 1. The Morgan fingerprint density at radius 1 is 0.946 bits per heavy atom. The van der Waals surface area contributed by atoms with E-state index in [0.29, 0.717) is 0 Å². The Morgan fingerprint density at radius 3 is 2.11 bits per heavy atom. The molecule has 0 atom stereocenters. The van der Waals surface area contributed by atoms with Crippen molar-refractivity contribution >= 4 is 40.2 Å². The fourth-order valence-electron chi connectivity index (χ4n) is 3.46. The van der Waals surface area contributed by atoms with E-state index in [2.05, 4.69) is 0 Å². The fourth-order valence-corrected chi connectivity index (χ4v) is 3.46. The molecule has 8 nitrogen and oxygen atoms in total. The summed E-state index contributed by atoms with van der Waals surface area (Å²) >= 11 is 0. The van der Waals surface area contributed by atoms with Crippen molar-refractivity contribution in [2.45, 2.75) is 20.4 Å². The number of anilines is 1. The van der Waals surface area contributed by atoms with Crippen molar-refractivity contribution in [2.24, 2.45) is 0 Å². The molecule has 196 valence electrons. The molecule has 0 aliphatic carbocycles. The standard InChI is InChI=1S/C24H20F5N3O5/c1-4-31(3)24(36)22(34)13-9-32(10-15(33)37-5-2)14-7-6-11(8-12(13)14)30-23(35)16-17(25)19(27)21(29)20(28)18(16)26/h6-9H,4-5,10H2,1-3H3,(H,30,35). The van der Waals surface area contributed by atoms with Crippen LogP contribution in [0, 0.1) is 29.1 Å². The predicted molar refractivity (Wildman–Crippen MR) is 120 cm³/mol. The molecule has 0 unspecified atom stereocenters. The summed E-state index contributed by atoms with van der Waals surface area (Å²) in [6.45, 7) is 3.22. The number of hydrogen-bond acceptors (Lipinski definition) is 5. The molecule has 0 fully saturated rings. The molecule has 0 radical (unpaired) electrons. The molecule has 0 aliphatic rings. The zero-order chi connectivity index (χ0) is 27.6. The Labute approximate surface area is 206 Å². The van der Waals surface area contributed by atoms with Gasteiger partial charge in [0.1, 0.15) is 12.1 Å². The summed E-state index contributed by atoms with van der Waals surface area (Å²) in [7, 11) is 1.40. The van der Waals surface area contributed by atoms with Gasteiger partial charge in [0.05, 0.1) is 12.2 Å². The number of hydrogen-bond donors (Lipinski definition) is 1. The highest BCUT2D eigenvalue weighted by molar-refractivity contribution is 6.44. The minimum atomic E-state index is -2.42. The maximum Gasteiger partial charge on any atom is 0.325 e. The zero-order valence-corrected chi connectivity index (χ0v) is 19.8. The Morgan fingerprint density at radius 2 is 1.54 bits per heavy atom. The van der Waals surface area contributed by atoms with Crippen molar-refractivity contribution in [2.75, 3.05) is 25.5 Å². The number of ether oxygens (including phenoxy) is 1. The number of nitrogens with one attached hydrogen (secondary N) is 1. The second-order valence-electron chi connectivity index (χ2n) is 7.76. The van der Waals surface area contributed by atoms with E-state index in [1.165, 1.54) is 29.9 Å². The molecule has 0 spiro atoms. The van der Waals surface area contributed by atoms with Crippen LogP contribution in [0.5, 0.6) is 0 Å². The van der Waals surface area contributed by atoms with Crippen molar-refractivity contribution in [3.05, 3.63) is 64.6 Å². The van der Waals surface area contributed by atoms with Crippen LogP contribution in [0.3, 0.4) is 0 Å². The summed E-state index contributed by atoms with van der Waals surface area (Å²) in [6, 6.07) is 3.70. The number of nitrogens with zero attached hydrogens (tertiary/aromatic N) is 2. The lowest BCUT2D eigenvalue weighted by atomic mass is 10.1. The predicted octanol–water partition coefficient (Wildman–Crippen LogP) is 3.81. The third-order valence-corrected chi connectivity index (χ3v) is 5.44. The monoisotopic (exact) mass is 525 g/mol. The largest absolute Gasteiger partial charge is 0.465 e. The van der Waals surface area contributed by atoms with Gasteiger partial charge in [-0.15, -0.1) is 0 Å². The number of amides is 2. The van der Waals surface area contributed by atoms with Gasteiger partial charge in [0, 0.05) is 36.4 Å². The maximum atomic E-state index is 14.0. The number of carbonyl (C=O) groups is 4. The number of likely N-dealkylation sites (N-methyl/N-ethyl adjacent to an activating group) is 1. The normalized spacial score (nSPS) is 10.9. The van der Waals surface area contributed by atoms with E-state index in [-0.39, 0.29) is 41.9 Å². The Hall–Kier alpha value is -4.29. The van der Waals surface area contributed by atoms with Gasteiger partial charge in [0.2, 0.25) is 5.82 Å². The van der Waals surface area contributed by atoms with Crippen molar-refractivity contribution in [1.82, 2.24) is 9.47 Å². The molecular formula is C24H20F5N3O5. The average molecular weight is 525 g/mol. The zero-order valence-electron chi connectivity index (χ0n) is 19.8. The molecular weight excluding hydrogens is 505 g/mol. The first-order chi connectivity index (χ1) is 17.4. The van der Waals surface area contributed by atoms with Crippen molar-refractivity contribution in [3.63, 3.8) is 0 Å². The summed E-state index contributed by atoms with van der Waals surface area (Å²) in [4.78, 5) is 51.0. The lowest BCUT2D eigenvalue weighted by molar-refractivity contribution is -0.143. The summed E-state index contributed by atoms with van der Waals surface area (Å²) in [6.07, 6.45) is 1.24. The number of halogens is 5. The quantitative estimate of drug-likeness (QED) is 0.121. The fraction of sp³-hybridized carbons (Fsp3) is 0.250. The van der Waals surface area contributed by atoms with Crippen LogP contribution >= 0.6 is 0 Å². The average Bonchev–Trinajstić information content (AvgIpc) is 3.22. The first-order valence-electron chi connectivity index (χ1n) is 10.8. The van der Waals surface area contributed by atoms with E-state index < -0.39 is 58.2 Å². The molecule has 0 saturated heterocycles. The SMILES string of the molecule is CCOC(=O)Cn1cc(C(=O)C(=O)N(C)CC)c2cc(NC(=O)c3c(F)c(F)c(F)c(F)c3F)ccc21. The third-order valence-electron chi connectivity index (χ3n) is 5.44. The van der Waals surface area contributed by atoms with Gasteiger partial charge in [-0.2, -0.15) is 0 Å². The van der Waals surface area contributed by atoms with Crippen LogP contribution in [0.15, 0.2) is 24.4 Å². The Balaban J connectivity index is 2.08. The first-order valence-corrected chi connectivity index (χ1v) is 10.8. The molecule has 2 aromatic carbocycles. The van der Waals surface area contributed by atoms with Gasteiger partial charge in [0.25, 0.3) is 17.6 Å². The minimum absolute atomic E-state index is 0.0716. The molecule has 3 aromatic rings. The second kappa shape index (κ2) is 10.8. The minimum Gasteiger partial charge on any atom is -0.465 e. The van der Waals surface area contributed by atoms with Crippen molar-refractivity contribution < 1.29 is 45.9 Å². The number of benzene rings is 2. The van der Waals surface area contributed by atoms with Gasteiger partial charge in [-0.3, -0.25) is 19.2 Å². The summed E-state index contributed by atoms with van der Waals surface area (Å²) in [5.41, 5.74) is -1.79. The number of Topliss-reactive ketones (excluding diaryl/α,β-unsaturated/α-hetero) is 1. The third kappa shape index (κ3) is 5.15. The van der Waals surface area contributed by atoms with Crippen LogP contribution in [0.25, 0.3) is 10.9 Å². The van der Waals surface area contributed by atoms with Crippen molar-refractivity contribution in [1.29, 1.82) is 0 Å². The van der Waals surface area contributed by atoms with E-state index in [1.54, 1.807) is 13.8 Å². The molecule has 0 bridgehead atoms. The molecule has 0 aliphatic heterocycles. The van der Waals surface area contributed by atoms with E-state index in [9.17, 15) is 41.1 Å². The highest BCUT2D eigenvalue weighted by atomic mass is 19.2. The molecule has 13 heteroatoms. The number of rotatable bonds is 8. The van der Waals surface area contributed by atoms with Gasteiger partial charge in [0.15, 0.2) is 23.3 Å². The maximum absolute atomic E-state index is 14.0. The summed E-state index contributed by atoms with van der Waals surface area (Å²) in [5.74, 6) is -15.7. The van der Waals surface area contributed by atoms with Crippen LogP contribution in [-0.4, -0.2) is 53.2 Å². The lowest BCUT2D eigenvalue weighted by Crippen LogP contribution is -2.33. The number of ketones is 1. The van der Waals surface area contributed by atoms with Crippen LogP contribution in [0.2, 0.25) is 0 Å². The molecule has 1 heterocycles.